The standard InChI is InChI=1S/C20H13Cl2NO2S/c1-10-8-26-9-15(10)11-2-4-14-17(6-11)25-20(18(14)23)19(24)13-5-3-12(21)7-16(13)22/h2-9H,23H2,1H3. The molecule has 26 heavy (non-hydrogen) atoms. The van der Waals surface area contributed by atoms with Crippen molar-refractivity contribution in [3.63, 3.8) is 0 Å². The lowest BCUT2D eigenvalue weighted by molar-refractivity contribution is 0.101. The number of nitrogen functional groups attached to an aromatic ring is 1. The van der Waals surface area contributed by atoms with Gasteiger partial charge in [0, 0.05) is 16.0 Å². The first-order valence-corrected chi connectivity index (χ1v) is 9.50. The van der Waals surface area contributed by atoms with Crippen LogP contribution in [0, 0.1) is 6.92 Å². The minimum atomic E-state index is -0.367. The molecule has 0 amide bonds. The number of halogens is 2. The first-order valence-electron chi connectivity index (χ1n) is 7.80. The van der Waals surface area contributed by atoms with E-state index in [1.165, 1.54) is 11.6 Å². The van der Waals surface area contributed by atoms with E-state index in [2.05, 4.69) is 17.7 Å². The van der Waals surface area contributed by atoms with Gasteiger partial charge in [0.1, 0.15) is 5.58 Å². The van der Waals surface area contributed by atoms with Gasteiger partial charge in [-0.05, 0) is 64.7 Å². The van der Waals surface area contributed by atoms with Gasteiger partial charge in [-0.1, -0.05) is 29.3 Å². The van der Waals surface area contributed by atoms with Crippen LogP contribution < -0.4 is 5.73 Å². The smallest absolute Gasteiger partial charge is 0.231 e. The highest BCUT2D eigenvalue weighted by Crippen LogP contribution is 2.35. The lowest BCUT2D eigenvalue weighted by Crippen LogP contribution is -2.03. The number of hydrogen-bond acceptors (Lipinski definition) is 4. The third-order valence-corrected chi connectivity index (χ3v) is 5.69. The fourth-order valence-corrected chi connectivity index (χ4v) is 4.26. The molecule has 6 heteroatoms. The predicted molar refractivity (Wildman–Crippen MR) is 109 cm³/mol. The van der Waals surface area contributed by atoms with Crippen molar-refractivity contribution in [2.24, 2.45) is 0 Å². The molecule has 0 aliphatic heterocycles. The summed E-state index contributed by atoms with van der Waals surface area (Å²) >= 11 is 13.7. The number of hydrogen-bond donors (Lipinski definition) is 1. The molecular weight excluding hydrogens is 389 g/mol. The molecule has 0 atom stereocenters. The largest absolute Gasteiger partial charge is 0.450 e. The van der Waals surface area contributed by atoms with Gasteiger partial charge >= 0.3 is 0 Å². The Hall–Kier alpha value is -2.27. The SMILES string of the molecule is Cc1cscc1-c1ccc2c(N)c(C(=O)c3ccc(Cl)cc3Cl)oc2c1. The van der Waals surface area contributed by atoms with Crippen LogP contribution in [0.1, 0.15) is 21.7 Å². The zero-order valence-corrected chi connectivity index (χ0v) is 16.0. The molecule has 3 nitrogen and oxygen atoms in total. The van der Waals surface area contributed by atoms with Gasteiger partial charge in [-0.2, -0.15) is 11.3 Å². The minimum absolute atomic E-state index is 0.0865. The molecular formula is C20H13Cl2NO2S. The van der Waals surface area contributed by atoms with Crippen LogP contribution in [0.25, 0.3) is 22.1 Å². The topological polar surface area (TPSA) is 56.2 Å². The molecule has 0 spiro atoms. The van der Waals surface area contributed by atoms with E-state index in [1.54, 1.807) is 23.5 Å². The van der Waals surface area contributed by atoms with Crippen LogP contribution >= 0.6 is 34.5 Å². The number of carbonyl (C=O) groups is 1. The van der Waals surface area contributed by atoms with E-state index in [-0.39, 0.29) is 16.6 Å². The summed E-state index contributed by atoms with van der Waals surface area (Å²) in [7, 11) is 0. The molecule has 0 aliphatic rings. The molecule has 0 saturated carbocycles. The van der Waals surface area contributed by atoms with Crippen LogP contribution in [0.3, 0.4) is 0 Å². The van der Waals surface area contributed by atoms with Gasteiger partial charge in [0.15, 0.2) is 5.76 Å². The number of anilines is 1. The fraction of sp³-hybridized carbons (Fsp3) is 0.0500. The normalized spacial score (nSPS) is 11.2. The summed E-state index contributed by atoms with van der Waals surface area (Å²) in [5, 5.41) is 5.60. The summed E-state index contributed by atoms with van der Waals surface area (Å²) in [6.07, 6.45) is 0. The minimum Gasteiger partial charge on any atom is -0.450 e. The Bertz CT molecular complexity index is 1160. The van der Waals surface area contributed by atoms with Crippen molar-refractivity contribution in [3.05, 3.63) is 74.1 Å². The summed E-state index contributed by atoms with van der Waals surface area (Å²) in [6, 6.07) is 10.5. The quantitative estimate of drug-likeness (QED) is 0.393. The zero-order valence-electron chi connectivity index (χ0n) is 13.7. The van der Waals surface area contributed by atoms with Crippen LogP contribution in [0.2, 0.25) is 10.0 Å². The van der Waals surface area contributed by atoms with Crippen LogP contribution in [0.15, 0.2) is 51.6 Å². The summed E-state index contributed by atoms with van der Waals surface area (Å²) in [4.78, 5) is 12.8. The number of furan rings is 1. The Balaban J connectivity index is 1.82. The Morgan fingerprint density at radius 2 is 1.92 bits per heavy atom. The van der Waals surface area contributed by atoms with Gasteiger partial charge < -0.3 is 10.2 Å². The van der Waals surface area contributed by atoms with E-state index in [1.807, 2.05) is 18.2 Å². The molecule has 0 fully saturated rings. The number of benzene rings is 2. The van der Waals surface area contributed by atoms with Crippen molar-refractivity contribution in [1.29, 1.82) is 0 Å². The van der Waals surface area contributed by atoms with Gasteiger partial charge in [0.2, 0.25) is 5.78 Å². The Morgan fingerprint density at radius 3 is 2.62 bits per heavy atom. The maximum atomic E-state index is 12.8. The van der Waals surface area contributed by atoms with Crippen LogP contribution in [-0.4, -0.2) is 5.78 Å². The van der Waals surface area contributed by atoms with Gasteiger partial charge in [-0.15, -0.1) is 0 Å². The van der Waals surface area contributed by atoms with Gasteiger partial charge in [-0.3, -0.25) is 4.79 Å². The molecule has 4 aromatic rings. The summed E-state index contributed by atoms with van der Waals surface area (Å²) in [5.41, 5.74) is 10.7. The van der Waals surface area contributed by atoms with Crippen LogP contribution in [-0.2, 0) is 0 Å². The summed E-state index contributed by atoms with van der Waals surface area (Å²) in [5.74, 6) is -0.281. The molecule has 2 heterocycles. The molecule has 0 unspecified atom stereocenters. The third kappa shape index (κ3) is 2.80. The number of aryl methyl sites for hydroxylation is 1. The van der Waals surface area contributed by atoms with E-state index in [4.69, 9.17) is 33.4 Å². The zero-order chi connectivity index (χ0) is 18.4. The maximum absolute atomic E-state index is 12.8. The van der Waals surface area contributed by atoms with E-state index in [0.717, 1.165) is 11.1 Å². The third-order valence-electron chi connectivity index (χ3n) is 4.28. The second-order valence-corrected chi connectivity index (χ2v) is 7.56. The summed E-state index contributed by atoms with van der Waals surface area (Å²) < 4.78 is 5.82. The average molecular weight is 402 g/mol. The number of fused-ring (bicyclic) bond motifs is 1. The predicted octanol–water partition coefficient (Wildman–Crippen LogP) is 6.59. The van der Waals surface area contributed by atoms with Crippen LogP contribution in [0.5, 0.6) is 0 Å². The highest BCUT2D eigenvalue weighted by molar-refractivity contribution is 7.08. The number of carbonyl (C=O) groups excluding carboxylic acids is 1. The van der Waals surface area contributed by atoms with Crippen molar-refractivity contribution in [2.75, 3.05) is 5.73 Å². The molecule has 2 aromatic carbocycles. The van der Waals surface area contributed by atoms with Gasteiger partial charge in [0.25, 0.3) is 0 Å². The Labute approximate surface area is 163 Å². The molecule has 2 aromatic heterocycles. The fourth-order valence-electron chi connectivity index (χ4n) is 2.90. The first kappa shape index (κ1) is 17.2. The van der Waals surface area contributed by atoms with Crippen LogP contribution in [0.4, 0.5) is 5.69 Å². The van der Waals surface area contributed by atoms with E-state index in [0.29, 0.717) is 27.2 Å². The number of nitrogens with two attached hydrogens (primary N) is 1. The van der Waals surface area contributed by atoms with E-state index in [9.17, 15) is 4.79 Å². The van der Waals surface area contributed by atoms with Gasteiger partial charge in [-0.25, -0.2) is 0 Å². The Kier molecular flexibility index (Phi) is 4.27. The highest BCUT2D eigenvalue weighted by atomic mass is 35.5. The van der Waals surface area contributed by atoms with Crippen molar-refractivity contribution >= 4 is 57.0 Å². The lowest BCUT2D eigenvalue weighted by atomic mass is 10.0. The lowest BCUT2D eigenvalue weighted by Gasteiger charge is -2.02. The average Bonchev–Trinajstić information content (AvgIpc) is 3.17. The monoisotopic (exact) mass is 401 g/mol. The van der Waals surface area contributed by atoms with Crippen molar-refractivity contribution in [3.8, 4) is 11.1 Å². The Morgan fingerprint density at radius 1 is 1.12 bits per heavy atom. The molecule has 130 valence electrons. The highest BCUT2D eigenvalue weighted by Gasteiger charge is 2.22. The number of thiophene rings is 1. The number of ketones is 1. The van der Waals surface area contributed by atoms with E-state index < -0.39 is 0 Å². The first-order chi connectivity index (χ1) is 12.5. The van der Waals surface area contributed by atoms with Gasteiger partial charge in [0.05, 0.1) is 10.7 Å². The molecule has 0 bridgehead atoms. The molecule has 0 saturated heterocycles. The van der Waals surface area contributed by atoms with Crippen molar-refractivity contribution < 1.29 is 9.21 Å². The second kappa shape index (κ2) is 6.47. The maximum Gasteiger partial charge on any atom is 0.231 e. The van der Waals surface area contributed by atoms with Crippen molar-refractivity contribution in [2.45, 2.75) is 6.92 Å². The molecule has 2 N–H and O–H groups in total. The molecule has 4 rings (SSSR count). The van der Waals surface area contributed by atoms with E-state index >= 15 is 0 Å². The summed E-state index contributed by atoms with van der Waals surface area (Å²) in [6.45, 7) is 2.06. The molecule has 0 aliphatic carbocycles. The second-order valence-electron chi connectivity index (χ2n) is 5.98. The van der Waals surface area contributed by atoms with Crippen molar-refractivity contribution in [1.82, 2.24) is 0 Å². The molecule has 0 radical (unpaired) electrons. The number of rotatable bonds is 3.